The lowest BCUT2D eigenvalue weighted by molar-refractivity contribution is -0.306. The SMILES string of the molecule is CC1CCCC(C)(CC(F)(F)C(F)(F)F)N1CC(F)(F)C(F)(F)F. The van der Waals surface area contributed by atoms with E-state index in [1.165, 1.54) is 6.92 Å². The first-order chi connectivity index (χ1) is 10.4. The lowest BCUT2D eigenvalue weighted by atomic mass is 9.80. The molecule has 0 aromatic heterocycles. The maximum Gasteiger partial charge on any atom is 0.454 e. The van der Waals surface area contributed by atoms with Gasteiger partial charge < -0.3 is 0 Å². The summed E-state index contributed by atoms with van der Waals surface area (Å²) in [4.78, 5) is 0.434. The van der Waals surface area contributed by atoms with Crippen LogP contribution in [0.4, 0.5) is 43.9 Å². The summed E-state index contributed by atoms with van der Waals surface area (Å²) < 4.78 is 128. The van der Waals surface area contributed by atoms with Crippen LogP contribution < -0.4 is 0 Å². The van der Waals surface area contributed by atoms with E-state index < -0.39 is 48.7 Å². The van der Waals surface area contributed by atoms with Crippen molar-refractivity contribution >= 4 is 0 Å². The molecule has 0 aromatic carbocycles. The fourth-order valence-electron chi connectivity index (χ4n) is 3.03. The normalized spacial score (nSPS) is 28.2. The zero-order chi connectivity index (χ0) is 19.2. The largest absolute Gasteiger partial charge is 0.454 e. The fourth-order valence-corrected chi connectivity index (χ4v) is 3.03. The molecule has 0 N–H and O–H groups in total. The van der Waals surface area contributed by atoms with Gasteiger partial charge in [0.15, 0.2) is 0 Å². The Morgan fingerprint density at radius 2 is 1.33 bits per heavy atom. The second kappa shape index (κ2) is 6.21. The van der Waals surface area contributed by atoms with Gasteiger partial charge in [-0.1, -0.05) is 6.42 Å². The van der Waals surface area contributed by atoms with Crippen LogP contribution in [0, 0.1) is 0 Å². The van der Waals surface area contributed by atoms with Crippen molar-refractivity contribution < 1.29 is 43.9 Å². The van der Waals surface area contributed by atoms with Gasteiger partial charge in [0.25, 0.3) is 0 Å². The Kier molecular flexibility index (Phi) is 5.51. The molecular formula is C13H17F10N. The van der Waals surface area contributed by atoms with E-state index in [-0.39, 0.29) is 19.3 Å². The third-order valence-electron chi connectivity index (χ3n) is 4.36. The molecule has 0 aromatic rings. The molecule has 0 amide bonds. The van der Waals surface area contributed by atoms with Crippen molar-refractivity contribution in [2.45, 2.75) is 75.3 Å². The third-order valence-corrected chi connectivity index (χ3v) is 4.36. The average molecular weight is 377 g/mol. The molecule has 1 saturated heterocycles. The molecule has 0 saturated carbocycles. The number of hydrogen-bond donors (Lipinski definition) is 0. The number of rotatable bonds is 4. The van der Waals surface area contributed by atoms with Gasteiger partial charge in [0.2, 0.25) is 0 Å². The van der Waals surface area contributed by atoms with Crippen LogP contribution in [0.1, 0.15) is 39.5 Å². The Labute approximate surface area is 132 Å². The van der Waals surface area contributed by atoms with Gasteiger partial charge in [0.05, 0.1) is 6.54 Å². The molecule has 1 heterocycles. The van der Waals surface area contributed by atoms with Gasteiger partial charge in [0.1, 0.15) is 0 Å². The highest BCUT2D eigenvalue weighted by Gasteiger charge is 2.64. The van der Waals surface area contributed by atoms with Crippen molar-refractivity contribution in [3.8, 4) is 0 Å². The van der Waals surface area contributed by atoms with Gasteiger partial charge >= 0.3 is 24.2 Å². The summed E-state index contributed by atoms with van der Waals surface area (Å²) >= 11 is 0. The molecule has 0 bridgehead atoms. The third kappa shape index (κ3) is 4.26. The topological polar surface area (TPSA) is 3.24 Å². The molecular weight excluding hydrogens is 360 g/mol. The molecule has 1 aliphatic heterocycles. The predicted molar refractivity (Wildman–Crippen MR) is 65.0 cm³/mol. The summed E-state index contributed by atoms with van der Waals surface area (Å²) in [6.07, 6.45) is -13.8. The van der Waals surface area contributed by atoms with Crippen LogP contribution in [0.3, 0.4) is 0 Å². The molecule has 2 atom stereocenters. The highest BCUT2D eigenvalue weighted by atomic mass is 19.4. The van der Waals surface area contributed by atoms with Gasteiger partial charge in [-0.2, -0.15) is 43.9 Å². The maximum absolute atomic E-state index is 13.4. The van der Waals surface area contributed by atoms with E-state index in [1.807, 2.05) is 0 Å². The van der Waals surface area contributed by atoms with Crippen molar-refractivity contribution in [1.82, 2.24) is 4.90 Å². The molecule has 0 radical (unpaired) electrons. The van der Waals surface area contributed by atoms with Crippen LogP contribution in [0.5, 0.6) is 0 Å². The number of likely N-dealkylation sites (tertiary alicyclic amines) is 1. The summed E-state index contributed by atoms with van der Waals surface area (Å²) in [5, 5.41) is 0. The molecule has 1 fully saturated rings. The minimum Gasteiger partial charge on any atom is -0.289 e. The second-order valence-electron chi connectivity index (χ2n) is 6.45. The fraction of sp³-hybridized carbons (Fsp3) is 1.00. The van der Waals surface area contributed by atoms with Crippen LogP contribution in [0.25, 0.3) is 0 Å². The summed E-state index contributed by atoms with van der Waals surface area (Å²) in [6.45, 7) is 0.145. The summed E-state index contributed by atoms with van der Waals surface area (Å²) in [5.74, 6) is -10.4. The quantitative estimate of drug-likeness (QED) is 0.593. The highest BCUT2D eigenvalue weighted by Crippen LogP contribution is 2.47. The van der Waals surface area contributed by atoms with Crippen LogP contribution in [0.2, 0.25) is 0 Å². The molecule has 0 aliphatic carbocycles. The predicted octanol–water partition coefficient (Wildman–Crippen LogP) is 5.40. The van der Waals surface area contributed by atoms with E-state index in [0.717, 1.165) is 6.92 Å². The van der Waals surface area contributed by atoms with Crippen LogP contribution in [-0.4, -0.2) is 47.2 Å². The first-order valence-electron chi connectivity index (χ1n) is 7.09. The van der Waals surface area contributed by atoms with Crippen molar-refractivity contribution in [1.29, 1.82) is 0 Å². The minimum atomic E-state index is -5.92. The second-order valence-corrected chi connectivity index (χ2v) is 6.45. The van der Waals surface area contributed by atoms with Gasteiger partial charge in [-0.15, -0.1) is 0 Å². The Morgan fingerprint density at radius 3 is 1.75 bits per heavy atom. The number of alkyl halides is 10. The standard InChI is InChI=1S/C13H17F10N/c1-8-4-3-5-9(2,6-10(14,15)12(18,19)20)24(8)7-11(16,17)13(21,22)23/h8H,3-7H2,1-2H3. The average Bonchev–Trinajstić information content (AvgIpc) is 2.30. The van der Waals surface area contributed by atoms with E-state index in [9.17, 15) is 43.9 Å². The molecule has 2 unspecified atom stereocenters. The summed E-state index contributed by atoms with van der Waals surface area (Å²) in [7, 11) is 0. The zero-order valence-corrected chi connectivity index (χ0v) is 12.8. The smallest absolute Gasteiger partial charge is 0.289 e. The van der Waals surface area contributed by atoms with Crippen molar-refractivity contribution in [2.24, 2.45) is 0 Å². The molecule has 1 rings (SSSR count). The molecule has 1 nitrogen and oxygen atoms in total. The summed E-state index contributed by atoms with van der Waals surface area (Å²) in [6, 6.07) is -0.985. The molecule has 144 valence electrons. The number of nitrogens with zero attached hydrogens (tertiary/aromatic N) is 1. The monoisotopic (exact) mass is 377 g/mol. The lowest BCUT2D eigenvalue weighted by Gasteiger charge is -2.51. The summed E-state index contributed by atoms with van der Waals surface area (Å²) in [5.41, 5.74) is -2.13. The highest BCUT2D eigenvalue weighted by molar-refractivity contribution is 5.00. The Morgan fingerprint density at radius 1 is 0.875 bits per heavy atom. The minimum absolute atomic E-state index is 0.126. The van der Waals surface area contributed by atoms with Crippen molar-refractivity contribution in [2.75, 3.05) is 6.54 Å². The van der Waals surface area contributed by atoms with Gasteiger partial charge in [0, 0.05) is 18.0 Å². The van der Waals surface area contributed by atoms with E-state index >= 15 is 0 Å². The van der Waals surface area contributed by atoms with E-state index in [1.54, 1.807) is 0 Å². The number of halogens is 10. The van der Waals surface area contributed by atoms with Crippen molar-refractivity contribution in [3.63, 3.8) is 0 Å². The number of hydrogen-bond acceptors (Lipinski definition) is 1. The van der Waals surface area contributed by atoms with Gasteiger partial charge in [-0.3, -0.25) is 4.90 Å². The van der Waals surface area contributed by atoms with Gasteiger partial charge in [-0.25, -0.2) is 0 Å². The van der Waals surface area contributed by atoms with Crippen LogP contribution in [-0.2, 0) is 0 Å². The van der Waals surface area contributed by atoms with Crippen LogP contribution in [0.15, 0.2) is 0 Å². The first-order valence-corrected chi connectivity index (χ1v) is 7.09. The Balaban J connectivity index is 3.14. The maximum atomic E-state index is 13.4. The first kappa shape index (κ1) is 21.3. The Hall–Kier alpha value is -0.740. The zero-order valence-electron chi connectivity index (χ0n) is 12.8. The number of piperidine rings is 1. The van der Waals surface area contributed by atoms with Crippen molar-refractivity contribution in [3.05, 3.63) is 0 Å². The molecule has 24 heavy (non-hydrogen) atoms. The van der Waals surface area contributed by atoms with E-state index in [2.05, 4.69) is 0 Å². The molecule has 0 spiro atoms. The van der Waals surface area contributed by atoms with Crippen LogP contribution >= 0.6 is 0 Å². The van der Waals surface area contributed by atoms with E-state index in [4.69, 9.17) is 0 Å². The molecule has 1 aliphatic rings. The van der Waals surface area contributed by atoms with E-state index in [0.29, 0.717) is 4.90 Å². The molecule has 11 heteroatoms. The van der Waals surface area contributed by atoms with Gasteiger partial charge in [-0.05, 0) is 26.7 Å². The lowest BCUT2D eigenvalue weighted by Crippen LogP contribution is -2.62. The Bertz CT molecular complexity index is 441.